The first kappa shape index (κ1) is 13.6. The first-order valence-electron chi connectivity index (χ1n) is 7.71. The number of fused-ring (bicyclic) bond motifs is 1. The van der Waals surface area contributed by atoms with Crippen LogP contribution < -0.4 is 0 Å². The van der Waals surface area contributed by atoms with Gasteiger partial charge in [0.2, 0.25) is 0 Å². The van der Waals surface area contributed by atoms with Gasteiger partial charge in [-0.15, -0.1) is 0 Å². The van der Waals surface area contributed by atoms with E-state index in [0.717, 1.165) is 22.3 Å². The normalized spacial score (nSPS) is 11.3. The van der Waals surface area contributed by atoms with Crippen molar-refractivity contribution >= 4 is 23.1 Å². The van der Waals surface area contributed by atoms with E-state index in [2.05, 4.69) is 60.7 Å². The molecule has 3 aromatic carbocycles. The third kappa shape index (κ3) is 2.95. The molecule has 0 saturated carbocycles. The number of rotatable bonds is 3. The van der Waals surface area contributed by atoms with Crippen molar-refractivity contribution in [2.75, 3.05) is 0 Å². The Morgan fingerprint density at radius 2 is 1.26 bits per heavy atom. The van der Waals surface area contributed by atoms with Gasteiger partial charge in [0.15, 0.2) is 0 Å². The summed E-state index contributed by atoms with van der Waals surface area (Å²) in [5.74, 6) is 0.907. The van der Waals surface area contributed by atoms with Crippen molar-refractivity contribution in [3.8, 4) is 11.3 Å². The van der Waals surface area contributed by atoms with Crippen LogP contribution in [0.2, 0.25) is 0 Å². The minimum atomic E-state index is 0.907. The summed E-state index contributed by atoms with van der Waals surface area (Å²) in [5.41, 5.74) is 4.40. The highest BCUT2D eigenvalue weighted by molar-refractivity contribution is 5.83. The average molecular weight is 296 g/mol. The zero-order valence-electron chi connectivity index (χ0n) is 12.6. The van der Waals surface area contributed by atoms with E-state index >= 15 is 0 Å². The molecule has 0 fully saturated rings. The third-order valence-electron chi connectivity index (χ3n) is 3.89. The maximum Gasteiger partial charge on any atom is 0.135 e. The van der Waals surface area contributed by atoms with Gasteiger partial charge in [-0.25, -0.2) is 0 Å². The average Bonchev–Trinajstić information content (AvgIpc) is 3.05. The summed E-state index contributed by atoms with van der Waals surface area (Å²) in [6, 6.07) is 28.9. The van der Waals surface area contributed by atoms with Gasteiger partial charge >= 0.3 is 0 Å². The van der Waals surface area contributed by atoms with Crippen molar-refractivity contribution in [1.29, 1.82) is 0 Å². The Morgan fingerprint density at radius 3 is 2.00 bits per heavy atom. The molecule has 1 nitrogen and oxygen atoms in total. The molecule has 1 heterocycles. The van der Waals surface area contributed by atoms with E-state index in [-0.39, 0.29) is 0 Å². The molecule has 0 bridgehead atoms. The molecule has 0 N–H and O–H groups in total. The zero-order chi connectivity index (χ0) is 15.5. The Bertz CT molecular complexity index is 911. The molecule has 0 aliphatic heterocycles. The minimum Gasteiger partial charge on any atom is -0.456 e. The minimum absolute atomic E-state index is 0.907. The topological polar surface area (TPSA) is 13.1 Å². The lowest BCUT2D eigenvalue weighted by molar-refractivity contribution is 0.631. The van der Waals surface area contributed by atoms with Gasteiger partial charge < -0.3 is 4.42 Å². The molecule has 0 spiro atoms. The van der Waals surface area contributed by atoms with Crippen LogP contribution in [0.5, 0.6) is 0 Å². The van der Waals surface area contributed by atoms with Crippen LogP contribution in [0, 0.1) is 0 Å². The Labute approximate surface area is 135 Å². The van der Waals surface area contributed by atoms with Gasteiger partial charge in [0.05, 0.1) is 0 Å². The summed E-state index contributed by atoms with van der Waals surface area (Å²) >= 11 is 0. The highest BCUT2D eigenvalue weighted by Gasteiger charge is 2.05. The first-order valence-corrected chi connectivity index (χ1v) is 7.71. The lowest BCUT2D eigenvalue weighted by atomic mass is 10.1. The number of para-hydroxylation sites is 1. The molecular weight excluding hydrogens is 280 g/mol. The van der Waals surface area contributed by atoms with Gasteiger partial charge in [-0.1, -0.05) is 84.9 Å². The Balaban J connectivity index is 1.59. The highest BCUT2D eigenvalue weighted by Crippen LogP contribution is 2.28. The van der Waals surface area contributed by atoms with E-state index in [1.807, 2.05) is 36.4 Å². The van der Waals surface area contributed by atoms with E-state index in [0.29, 0.717) is 0 Å². The molecule has 4 rings (SSSR count). The summed E-state index contributed by atoms with van der Waals surface area (Å²) in [4.78, 5) is 0. The predicted octanol–water partition coefficient (Wildman–Crippen LogP) is 6.27. The Morgan fingerprint density at radius 1 is 0.609 bits per heavy atom. The molecule has 0 unspecified atom stereocenters. The molecular formula is C22H16O. The Hall–Kier alpha value is -3.06. The number of hydrogen-bond donors (Lipinski definition) is 0. The fraction of sp³-hybridized carbons (Fsp3) is 0. The third-order valence-corrected chi connectivity index (χ3v) is 3.89. The predicted molar refractivity (Wildman–Crippen MR) is 97.0 cm³/mol. The van der Waals surface area contributed by atoms with Crippen molar-refractivity contribution in [3.63, 3.8) is 0 Å². The van der Waals surface area contributed by atoms with Crippen LogP contribution in [-0.2, 0) is 0 Å². The molecule has 0 radical (unpaired) electrons. The maximum atomic E-state index is 5.91. The zero-order valence-corrected chi connectivity index (χ0v) is 12.6. The fourth-order valence-corrected chi connectivity index (χ4v) is 2.64. The second-order valence-electron chi connectivity index (χ2n) is 5.51. The molecule has 0 saturated heterocycles. The van der Waals surface area contributed by atoms with Crippen LogP contribution in [-0.4, -0.2) is 0 Å². The molecule has 0 aliphatic rings. The number of benzene rings is 3. The van der Waals surface area contributed by atoms with Crippen molar-refractivity contribution in [2.24, 2.45) is 0 Å². The van der Waals surface area contributed by atoms with Crippen LogP contribution in [0.3, 0.4) is 0 Å². The van der Waals surface area contributed by atoms with Crippen LogP contribution >= 0.6 is 0 Å². The molecule has 1 heteroatoms. The van der Waals surface area contributed by atoms with E-state index < -0.39 is 0 Å². The van der Waals surface area contributed by atoms with Crippen molar-refractivity contribution in [1.82, 2.24) is 0 Å². The van der Waals surface area contributed by atoms with Gasteiger partial charge in [-0.3, -0.25) is 0 Å². The van der Waals surface area contributed by atoms with E-state index in [9.17, 15) is 0 Å². The van der Waals surface area contributed by atoms with Crippen LogP contribution in [0.1, 0.15) is 11.1 Å². The summed E-state index contributed by atoms with van der Waals surface area (Å²) < 4.78 is 5.91. The fourth-order valence-electron chi connectivity index (χ4n) is 2.64. The van der Waals surface area contributed by atoms with Crippen LogP contribution in [0.15, 0.2) is 89.3 Å². The summed E-state index contributed by atoms with van der Waals surface area (Å²) in [6.07, 6.45) is 4.24. The lowest BCUT2D eigenvalue weighted by Gasteiger charge is -1.98. The second kappa shape index (κ2) is 5.98. The molecule has 0 atom stereocenters. The highest BCUT2D eigenvalue weighted by atomic mass is 16.3. The van der Waals surface area contributed by atoms with E-state index in [1.54, 1.807) is 0 Å². The van der Waals surface area contributed by atoms with Crippen molar-refractivity contribution in [2.45, 2.75) is 0 Å². The van der Waals surface area contributed by atoms with Gasteiger partial charge in [0.25, 0.3) is 0 Å². The van der Waals surface area contributed by atoms with Gasteiger partial charge in [-0.2, -0.15) is 0 Å². The SMILES string of the molecule is C(=C\c1ccc(-c2cc3ccccc3o2)cc1)/c1ccccc1. The molecule has 0 aliphatic carbocycles. The maximum absolute atomic E-state index is 5.91. The second-order valence-corrected chi connectivity index (χ2v) is 5.51. The van der Waals surface area contributed by atoms with E-state index in [1.165, 1.54) is 11.1 Å². The van der Waals surface area contributed by atoms with Gasteiger partial charge in [0, 0.05) is 10.9 Å². The van der Waals surface area contributed by atoms with Gasteiger partial charge in [0.1, 0.15) is 11.3 Å². The smallest absolute Gasteiger partial charge is 0.135 e. The van der Waals surface area contributed by atoms with Crippen molar-refractivity contribution in [3.05, 3.63) is 96.1 Å². The monoisotopic (exact) mass is 296 g/mol. The molecule has 4 aromatic rings. The van der Waals surface area contributed by atoms with Crippen LogP contribution in [0.4, 0.5) is 0 Å². The molecule has 1 aromatic heterocycles. The van der Waals surface area contributed by atoms with Gasteiger partial charge in [-0.05, 0) is 23.3 Å². The number of hydrogen-bond acceptors (Lipinski definition) is 1. The quantitative estimate of drug-likeness (QED) is 0.406. The molecule has 110 valence electrons. The summed E-state index contributed by atoms with van der Waals surface area (Å²) in [7, 11) is 0. The summed E-state index contributed by atoms with van der Waals surface area (Å²) in [6.45, 7) is 0. The molecule has 0 amide bonds. The first-order chi connectivity index (χ1) is 11.4. The largest absolute Gasteiger partial charge is 0.456 e. The number of furan rings is 1. The van der Waals surface area contributed by atoms with Crippen LogP contribution in [0.25, 0.3) is 34.4 Å². The standard InChI is InChI=1S/C22H16O/c1-2-6-17(7-3-1)10-11-18-12-14-19(15-13-18)22-16-20-8-4-5-9-21(20)23-22/h1-16H/b11-10+. The summed E-state index contributed by atoms with van der Waals surface area (Å²) in [5, 5.41) is 1.13. The lowest BCUT2D eigenvalue weighted by Crippen LogP contribution is -1.76. The molecule has 23 heavy (non-hydrogen) atoms. The Kier molecular flexibility index (Phi) is 3.53. The van der Waals surface area contributed by atoms with Crippen molar-refractivity contribution < 1.29 is 4.42 Å². The van der Waals surface area contributed by atoms with E-state index in [4.69, 9.17) is 4.42 Å².